The molecule has 2 aromatic rings. The number of hydrogen-bond acceptors (Lipinski definition) is 11. The number of nitrogens with zero attached hydrogens (tertiary/aromatic N) is 5. The average Bonchev–Trinajstić information content (AvgIpc) is 3.62. The fourth-order valence-corrected chi connectivity index (χ4v) is 8.11. The molecule has 9 atom stereocenters. The Hall–Kier alpha value is -5.78. The van der Waals surface area contributed by atoms with Crippen LogP contribution in [0.3, 0.4) is 0 Å². The number of halogens is 1. The molecular formula is C44H61ClN8O10. The Labute approximate surface area is 373 Å². The van der Waals surface area contributed by atoms with E-state index in [0.29, 0.717) is 5.56 Å². The number of aromatic nitrogens is 1. The highest BCUT2D eigenvalue weighted by Gasteiger charge is 2.45. The lowest BCUT2D eigenvalue weighted by molar-refractivity contribution is -0.161. The number of alkyl halides is 1. The van der Waals surface area contributed by atoms with E-state index in [1.807, 2.05) is 27.7 Å². The number of carbonyl (C=O) groups is 8. The second-order valence-corrected chi connectivity index (χ2v) is 17.9. The lowest BCUT2D eigenvalue weighted by Gasteiger charge is -2.37. The number of esters is 1. The number of likely N-dealkylation sites (N-methyl/N-ethyl adjacent to an activating group) is 3. The van der Waals surface area contributed by atoms with E-state index in [2.05, 4.69) is 20.9 Å². The quantitative estimate of drug-likeness (QED) is 0.232. The topological polar surface area (TPSA) is 228 Å². The number of benzene rings is 1. The lowest BCUT2D eigenvalue weighted by atomic mass is 9.88. The first-order chi connectivity index (χ1) is 29.5. The van der Waals surface area contributed by atoms with E-state index in [1.54, 1.807) is 37.3 Å². The Balaban J connectivity index is 1.86. The van der Waals surface area contributed by atoms with Gasteiger partial charge in [-0.3, -0.25) is 33.6 Å². The Kier molecular flexibility index (Phi) is 17.0. The summed E-state index contributed by atoms with van der Waals surface area (Å²) in [6.07, 6.45) is -0.119. The summed E-state index contributed by atoms with van der Waals surface area (Å²) < 4.78 is 5.92. The second-order valence-electron chi connectivity index (χ2n) is 17.2. The zero-order valence-corrected chi connectivity index (χ0v) is 38.3. The van der Waals surface area contributed by atoms with Crippen LogP contribution in [0.2, 0.25) is 0 Å². The van der Waals surface area contributed by atoms with Gasteiger partial charge in [0.1, 0.15) is 42.1 Å². The summed E-state index contributed by atoms with van der Waals surface area (Å²) in [7, 11) is 4.19. The number of fused-ring (bicyclic) bond motifs is 1. The Morgan fingerprint density at radius 2 is 1.54 bits per heavy atom. The normalized spacial score (nSPS) is 27.0. The summed E-state index contributed by atoms with van der Waals surface area (Å²) in [5, 5.41) is 17.7. The number of ether oxygens (including phenoxy) is 1. The highest BCUT2D eigenvalue weighted by atomic mass is 35.5. The number of aromatic hydroxyl groups is 1. The smallest absolute Gasteiger partial charge is 0.333 e. The number of amides is 7. The van der Waals surface area contributed by atoms with Crippen molar-refractivity contribution in [2.45, 2.75) is 109 Å². The van der Waals surface area contributed by atoms with Crippen molar-refractivity contribution >= 4 is 58.9 Å². The van der Waals surface area contributed by atoms with Gasteiger partial charge in [-0.15, -0.1) is 11.6 Å². The standard InChI is InChI=1S/C44H61ClN8O10/c1-23(2)19-30-42(60)53-21-29(45)20-31(53)43(61)50(8)22-33(55)51(9)36(25(5)24(3)4)40(58)47-26(6)41(59)52(10)37(28-15-12-11-13-16-28)44(62)63-27(7)34(38(56)48-30)49-39(57)35-32(54)17-14-18-46-35/h11-18,23-27,29-31,34,36-37,54H,19-22H2,1-10H3,(H,47,58)(H,48,56)(H,49,57)/t25?,26?,27?,29-,30?,31-,34?,36?,37?/m0/s1. The zero-order chi connectivity index (χ0) is 47.0. The van der Waals surface area contributed by atoms with Crippen LogP contribution in [0.5, 0.6) is 5.75 Å². The SMILES string of the molecule is CC(C)CC1NC(=O)C(NC(=O)c2ncccc2O)C(C)OC(=O)C(c2ccccc2)N(C)C(=O)C(C)NC(=O)C(C(C)C(C)C)N(C)C(=O)CN(C)C(=O)[C@@H]2C[C@H](Cl)CN2C1=O. The molecule has 4 N–H and O–H groups in total. The minimum absolute atomic E-state index is 0.0421. The van der Waals surface area contributed by atoms with Crippen LogP contribution in [0.1, 0.15) is 83.4 Å². The number of cyclic esters (lactones) is 1. The molecule has 2 fully saturated rings. The van der Waals surface area contributed by atoms with E-state index in [1.165, 1.54) is 63.1 Å². The molecule has 0 bridgehead atoms. The van der Waals surface area contributed by atoms with Gasteiger partial charge in [-0.25, -0.2) is 9.78 Å². The molecule has 344 valence electrons. The number of hydrogen-bond donors (Lipinski definition) is 4. The zero-order valence-electron chi connectivity index (χ0n) is 37.5. The van der Waals surface area contributed by atoms with Crippen molar-refractivity contribution in [1.29, 1.82) is 0 Å². The van der Waals surface area contributed by atoms with Gasteiger partial charge in [0.15, 0.2) is 11.7 Å². The number of nitrogens with one attached hydrogen (secondary N) is 3. The summed E-state index contributed by atoms with van der Waals surface area (Å²) in [5.41, 5.74) is -0.122. The number of carbonyl (C=O) groups excluding carboxylic acids is 8. The van der Waals surface area contributed by atoms with Crippen molar-refractivity contribution in [3.63, 3.8) is 0 Å². The minimum Gasteiger partial charge on any atom is -0.505 e. The molecule has 1 aromatic carbocycles. The van der Waals surface area contributed by atoms with Crippen molar-refractivity contribution in [3.05, 3.63) is 59.9 Å². The van der Waals surface area contributed by atoms with Crippen LogP contribution < -0.4 is 16.0 Å². The minimum atomic E-state index is -1.72. The van der Waals surface area contributed by atoms with Gasteiger partial charge in [0.25, 0.3) is 5.91 Å². The van der Waals surface area contributed by atoms with Gasteiger partial charge in [0.2, 0.25) is 35.4 Å². The van der Waals surface area contributed by atoms with Crippen LogP contribution in [-0.2, 0) is 38.3 Å². The van der Waals surface area contributed by atoms with E-state index in [0.717, 1.165) is 9.80 Å². The monoisotopic (exact) mass is 896 g/mol. The largest absolute Gasteiger partial charge is 0.505 e. The molecule has 0 saturated carbocycles. The predicted octanol–water partition coefficient (Wildman–Crippen LogP) is 1.85. The molecule has 7 amide bonds. The van der Waals surface area contributed by atoms with Gasteiger partial charge in [-0.2, -0.15) is 0 Å². The van der Waals surface area contributed by atoms with Crippen LogP contribution in [-0.4, -0.2) is 153 Å². The Morgan fingerprint density at radius 1 is 0.889 bits per heavy atom. The molecule has 2 saturated heterocycles. The third kappa shape index (κ3) is 12.0. The van der Waals surface area contributed by atoms with Crippen LogP contribution in [0, 0.1) is 17.8 Å². The maximum absolute atomic E-state index is 14.5. The molecule has 4 rings (SSSR count). The van der Waals surface area contributed by atoms with Crippen molar-refractivity contribution < 1.29 is 48.2 Å². The first-order valence-corrected chi connectivity index (χ1v) is 21.5. The van der Waals surface area contributed by atoms with Crippen molar-refractivity contribution in [2.75, 3.05) is 34.2 Å². The molecule has 2 aliphatic heterocycles. The predicted molar refractivity (Wildman–Crippen MR) is 232 cm³/mol. The van der Waals surface area contributed by atoms with Gasteiger partial charge in [0, 0.05) is 33.9 Å². The molecule has 3 heterocycles. The Morgan fingerprint density at radius 3 is 2.14 bits per heavy atom. The molecule has 63 heavy (non-hydrogen) atoms. The van der Waals surface area contributed by atoms with Crippen molar-refractivity contribution in [3.8, 4) is 5.75 Å². The summed E-state index contributed by atoms with van der Waals surface area (Å²) in [4.78, 5) is 122. The Bertz CT molecular complexity index is 2020. The molecule has 18 nitrogen and oxygen atoms in total. The van der Waals surface area contributed by atoms with E-state index >= 15 is 0 Å². The van der Waals surface area contributed by atoms with E-state index < -0.39 is 119 Å². The maximum atomic E-state index is 14.5. The van der Waals surface area contributed by atoms with Crippen LogP contribution in [0.15, 0.2) is 48.7 Å². The summed E-state index contributed by atoms with van der Waals surface area (Å²) in [6, 6.07) is 2.90. The van der Waals surface area contributed by atoms with E-state index in [9.17, 15) is 43.5 Å². The molecule has 7 unspecified atom stereocenters. The molecule has 2 aliphatic rings. The molecule has 0 aliphatic carbocycles. The summed E-state index contributed by atoms with van der Waals surface area (Å²) in [6.45, 7) is 11.4. The maximum Gasteiger partial charge on any atom is 0.333 e. The highest BCUT2D eigenvalue weighted by molar-refractivity contribution is 6.21. The fourth-order valence-electron chi connectivity index (χ4n) is 7.79. The molecule has 0 radical (unpaired) electrons. The third-order valence-corrected chi connectivity index (χ3v) is 12.0. The fraction of sp³-hybridized carbons (Fsp3) is 0.568. The first-order valence-electron chi connectivity index (χ1n) is 21.1. The van der Waals surface area contributed by atoms with Gasteiger partial charge in [0.05, 0.1) is 11.9 Å². The van der Waals surface area contributed by atoms with Gasteiger partial charge < -0.3 is 45.4 Å². The first kappa shape index (κ1) is 49.9. The summed E-state index contributed by atoms with van der Waals surface area (Å²) in [5.74, 6) is -7.41. The van der Waals surface area contributed by atoms with Crippen molar-refractivity contribution in [2.24, 2.45) is 17.8 Å². The molecule has 19 heteroatoms. The third-order valence-electron chi connectivity index (χ3n) is 11.7. The number of pyridine rings is 1. The van der Waals surface area contributed by atoms with E-state index in [4.69, 9.17) is 16.3 Å². The second kappa shape index (κ2) is 21.5. The lowest BCUT2D eigenvalue weighted by Crippen LogP contribution is -2.60. The average molecular weight is 897 g/mol. The van der Waals surface area contributed by atoms with Crippen LogP contribution >= 0.6 is 11.6 Å². The molecule has 1 aromatic heterocycles. The highest BCUT2D eigenvalue weighted by Crippen LogP contribution is 2.28. The van der Waals surface area contributed by atoms with Crippen molar-refractivity contribution in [1.82, 2.24) is 40.5 Å². The van der Waals surface area contributed by atoms with Gasteiger partial charge in [-0.1, -0.05) is 65.0 Å². The summed E-state index contributed by atoms with van der Waals surface area (Å²) >= 11 is 6.59. The van der Waals surface area contributed by atoms with Gasteiger partial charge in [-0.05, 0) is 62.1 Å². The molecule has 0 spiro atoms. The number of rotatable bonds is 7. The van der Waals surface area contributed by atoms with Crippen LogP contribution in [0.4, 0.5) is 0 Å². The van der Waals surface area contributed by atoms with Crippen LogP contribution in [0.25, 0.3) is 0 Å². The molecular weight excluding hydrogens is 836 g/mol. The van der Waals surface area contributed by atoms with Gasteiger partial charge >= 0.3 is 5.97 Å². The van der Waals surface area contributed by atoms with E-state index in [-0.39, 0.29) is 31.2 Å².